The van der Waals surface area contributed by atoms with Gasteiger partial charge < -0.3 is 10.1 Å². The number of nitrogens with one attached hydrogen (secondary N) is 2. The highest BCUT2D eigenvalue weighted by Crippen LogP contribution is 2.11. The molecule has 0 aliphatic carbocycles. The van der Waals surface area contributed by atoms with Crippen molar-refractivity contribution < 1.29 is 27.5 Å². The van der Waals surface area contributed by atoms with Gasteiger partial charge in [0.15, 0.2) is 12.4 Å². The van der Waals surface area contributed by atoms with Crippen LogP contribution in [0.5, 0.6) is 0 Å². The van der Waals surface area contributed by atoms with Crippen molar-refractivity contribution in [2.75, 3.05) is 18.5 Å². The van der Waals surface area contributed by atoms with Crippen molar-refractivity contribution in [2.45, 2.75) is 24.7 Å². The summed E-state index contributed by atoms with van der Waals surface area (Å²) in [6.45, 7) is 0.787. The highest BCUT2D eigenvalue weighted by molar-refractivity contribution is 7.89. The van der Waals surface area contributed by atoms with Crippen LogP contribution in [0.1, 0.15) is 30.1 Å². The lowest BCUT2D eigenvalue weighted by Crippen LogP contribution is -2.31. The van der Waals surface area contributed by atoms with E-state index in [1.165, 1.54) is 24.3 Å². The van der Waals surface area contributed by atoms with Crippen LogP contribution >= 0.6 is 0 Å². The summed E-state index contributed by atoms with van der Waals surface area (Å²) in [6, 6.07) is 13.8. The number of sulfonamides is 1. The monoisotopic (exact) mass is 418 g/mol. The number of hydrogen-bond donors (Lipinski definition) is 2. The maximum Gasteiger partial charge on any atom is 0.321 e. The molecule has 0 unspecified atom stereocenters. The summed E-state index contributed by atoms with van der Waals surface area (Å²) in [7, 11) is -3.84. The van der Waals surface area contributed by atoms with E-state index in [1.54, 1.807) is 30.3 Å². The molecule has 0 saturated carbocycles. The molecule has 0 bridgehead atoms. The summed E-state index contributed by atoms with van der Waals surface area (Å²) < 4.78 is 31.0. The molecule has 9 heteroatoms. The zero-order valence-electron chi connectivity index (χ0n) is 15.9. The van der Waals surface area contributed by atoms with Gasteiger partial charge in [0.25, 0.3) is 0 Å². The van der Waals surface area contributed by atoms with E-state index in [9.17, 15) is 22.8 Å². The van der Waals surface area contributed by atoms with Gasteiger partial charge in [-0.25, -0.2) is 8.42 Å². The normalized spacial score (nSPS) is 10.9. The van der Waals surface area contributed by atoms with E-state index in [0.717, 1.165) is 6.42 Å². The lowest BCUT2D eigenvalue weighted by atomic mass is 10.1. The highest BCUT2D eigenvalue weighted by atomic mass is 32.2. The number of amides is 1. The van der Waals surface area contributed by atoms with Crippen LogP contribution in [0.25, 0.3) is 0 Å². The van der Waals surface area contributed by atoms with Gasteiger partial charge in [-0.3, -0.25) is 14.4 Å². The Bertz CT molecular complexity index is 956. The molecule has 0 atom stereocenters. The standard InChI is InChI=1S/C20H22N2O6S/c1-2-6-19(24)22-16-11-9-15(10-12-16)18(23)14-28-20(25)13-21-29(26,27)17-7-4-3-5-8-17/h3-5,7-12,21H,2,6,13-14H2,1H3,(H,22,24). The Hall–Kier alpha value is -3.04. The van der Waals surface area contributed by atoms with E-state index in [2.05, 4.69) is 10.0 Å². The molecule has 2 rings (SSSR count). The molecule has 1 amide bonds. The smallest absolute Gasteiger partial charge is 0.321 e. The van der Waals surface area contributed by atoms with Gasteiger partial charge in [0.1, 0.15) is 6.54 Å². The topological polar surface area (TPSA) is 119 Å². The Morgan fingerprint density at radius 1 is 0.966 bits per heavy atom. The summed E-state index contributed by atoms with van der Waals surface area (Å²) in [5.41, 5.74) is 0.864. The highest BCUT2D eigenvalue weighted by Gasteiger charge is 2.16. The Morgan fingerprint density at radius 3 is 2.24 bits per heavy atom. The minimum Gasteiger partial charge on any atom is -0.456 e. The number of Topliss-reactive ketones (excluding diaryl/α,β-unsaturated/α-hetero) is 1. The van der Waals surface area contributed by atoms with Crippen LogP contribution in [-0.4, -0.2) is 39.2 Å². The molecule has 0 radical (unpaired) electrons. The molecular formula is C20H22N2O6S. The van der Waals surface area contributed by atoms with Crippen LogP contribution in [0.3, 0.4) is 0 Å². The second-order valence-electron chi connectivity index (χ2n) is 6.10. The number of rotatable bonds is 10. The summed E-state index contributed by atoms with van der Waals surface area (Å²) >= 11 is 0. The third-order valence-electron chi connectivity index (χ3n) is 3.79. The minimum absolute atomic E-state index is 0.0231. The number of hydrogen-bond acceptors (Lipinski definition) is 6. The van der Waals surface area contributed by atoms with Crippen molar-refractivity contribution in [3.05, 3.63) is 60.2 Å². The molecule has 29 heavy (non-hydrogen) atoms. The Labute approximate surface area is 169 Å². The molecule has 8 nitrogen and oxygen atoms in total. The molecule has 0 aliphatic rings. The average molecular weight is 418 g/mol. The zero-order chi connectivity index (χ0) is 21.3. The number of ketones is 1. The molecular weight excluding hydrogens is 396 g/mol. The van der Waals surface area contributed by atoms with Gasteiger partial charge in [0.2, 0.25) is 15.9 Å². The molecule has 0 saturated heterocycles. The molecule has 2 aromatic carbocycles. The Kier molecular flexibility index (Phi) is 8.05. The zero-order valence-corrected chi connectivity index (χ0v) is 16.7. The number of carbonyl (C=O) groups excluding carboxylic acids is 3. The summed E-state index contributed by atoms with van der Waals surface area (Å²) in [6.07, 6.45) is 1.14. The SMILES string of the molecule is CCCC(=O)Nc1ccc(C(=O)COC(=O)CNS(=O)(=O)c2ccccc2)cc1. The van der Waals surface area contributed by atoms with Crippen LogP contribution in [-0.2, 0) is 24.3 Å². The van der Waals surface area contributed by atoms with Crippen molar-refractivity contribution >= 4 is 33.4 Å². The van der Waals surface area contributed by atoms with Crippen molar-refractivity contribution in [1.82, 2.24) is 4.72 Å². The summed E-state index contributed by atoms with van der Waals surface area (Å²) in [5.74, 6) is -1.43. The molecule has 2 N–H and O–H groups in total. The van der Waals surface area contributed by atoms with E-state index in [1.807, 2.05) is 6.92 Å². The Morgan fingerprint density at radius 2 is 1.62 bits per heavy atom. The van der Waals surface area contributed by atoms with Crippen LogP contribution in [0.4, 0.5) is 5.69 Å². The number of carbonyl (C=O) groups is 3. The van der Waals surface area contributed by atoms with Gasteiger partial charge in [-0.2, -0.15) is 4.72 Å². The first-order valence-corrected chi connectivity index (χ1v) is 10.4. The number of ether oxygens (including phenoxy) is 1. The predicted molar refractivity (Wildman–Crippen MR) is 107 cm³/mol. The summed E-state index contributed by atoms with van der Waals surface area (Å²) in [4.78, 5) is 35.4. The first-order chi connectivity index (χ1) is 13.8. The van der Waals surface area contributed by atoms with Crippen molar-refractivity contribution in [2.24, 2.45) is 0 Å². The molecule has 0 heterocycles. The molecule has 154 valence electrons. The molecule has 2 aromatic rings. The maximum atomic E-state index is 12.1. The fraction of sp³-hybridized carbons (Fsp3) is 0.250. The molecule has 0 aromatic heterocycles. The van der Waals surface area contributed by atoms with E-state index < -0.39 is 34.9 Å². The van der Waals surface area contributed by atoms with Gasteiger partial charge in [-0.05, 0) is 42.8 Å². The number of anilines is 1. The average Bonchev–Trinajstić information content (AvgIpc) is 2.72. The molecule has 0 aliphatic heterocycles. The fourth-order valence-corrected chi connectivity index (χ4v) is 3.30. The van der Waals surface area contributed by atoms with Crippen LogP contribution in [0.2, 0.25) is 0 Å². The largest absolute Gasteiger partial charge is 0.456 e. The van der Waals surface area contributed by atoms with Gasteiger partial charge in [0, 0.05) is 17.7 Å². The lowest BCUT2D eigenvalue weighted by Gasteiger charge is -2.08. The van der Waals surface area contributed by atoms with Crippen LogP contribution < -0.4 is 10.0 Å². The third-order valence-corrected chi connectivity index (χ3v) is 5.21. The van der Waals surface area contributed by atoms with E-state index in [4.69, 9.17) is 4.74 Å². The quantitative estimate of drug-likeness (QED) is 0.451. The minimum atomic E-state index is -3.84. The fourth-order valence-electron chi connectivity index (χ4n) is 2.31. The third kappa shape index (κ3) is 7.13. The van der Waals surface area contributed by atoms with Crippen molar-refractivity contribution in [3.8, 4) is 0 Å². The number of esters is 1. The lowest BCUT2D eigenvalue weighted by molar-refractivity contribution is -0.141. The van der Waals surface area contributed by atoms with E-state index in [0.29, 0.717) is 17.7 Å². The second kappa shape index (κ2) is 10.5. The van der Waals surface area contributed by atoms with Gasteiger partial charge in [-0.1, -0.05) is 25.1 Å². The molecule has 0 spiro atoms. The van der Waals surface area contributed by atoms with Crippen LogP contribution in [0, 0.1) is 0 Å². The Balaban J connectivity index is 1.81. The van der Waals surface area contributed by atoms with Gasteiger partial charge in [-0.15, -0.1) is 0 Å². The molecule has 0 fully saturated rings. The first kappa shape index (κ1) is 22.3. The van der Waals surface area contributed by atoms with E-state index in [-0.39, 0.29) is 10.8 Å². The first-order valence-electron chi connectivity index (χ1n) is 8.95. The van der Waals surface area contributed by atoms with E-state index >= 15 is 0 Å². The maximum absolute atomic E-state index is 12.1. The second-order valence-corrected chi connectivity index (χ2v) is 7.86. The predicted octanol–water partition coefficient (Wildman–Crippen LogP) is 2.13. The van der Waals surface area contributed by atoms with Crippen LogP contribution in [0.15, 0.2) is 59.5 Å². The van der Waals surface area contributed by atoms with Gasteiger partial charge >= 0.3 is 5.97 Å². The van der Waals surface area contributed by atoms with Gasteiger partial charge in [0.05, 0.1) is 4.90 Å². The number of benzene rings is 2. The van der Waals surface area contributed by atoms with Crippen molar-refractivity contribution in [1.29, 1.82) is 0 Å². The summed E-state index contributed by atoms with van der Waals surface area (Å²) in [5, 5.41) is 2.70. The van der Waals surface area contributed by atoms with Crippen molar-refractivity contribution in [3.63, 3.8) is 0 Å².